The van der Waals surface area contributed by atoms with E-state index >= 15 is 0 Å². The summed E-state index contributed by atoms with van der Waals surface area (Å²) >= 11 is 1.21. The molecule has 2 N–H and O–H groups in total. The zero-order chi connectivity index (χ0) is 18.4. The Bertz CT molecular complexity index is 867. The Kier molecular flexibility index (Phi) is 5.86. The molecular formula is C20H20N2O3S. The third-order valence-electron chi connectivity index (χ3n) is 3.84. The van der Waals surface area contributed by atoms with Gasteiger partial charge >= 0.3 is 0 Å². The quantitative estimate of drug-likeness (QED) is 0.603. The fourth-order valence-electron chi connectivity index (χ4n) is 2.44. The van der Waals surface area contributed by atoms with Crippen LogP contribution in [-0.4, -0.2) is 11.8 Å². The van der Waals surface area contributed by atoms with Crippen molar-refractivity contribution in [2.45, 2.75) is 26.2 Å². The standard InChI is InChI=1S/C20H20N2O3S/c1-2-3-5-14-7-9-15(10-8-14)21-20(24)17-11-12-18(26-17)22-19(23)16-6-4-13-25-16/h4,6-13H,2-3,5H2,1H3,(H,21,24)(H,22,23). The van der Waals surface area contributed by atoms with Crippen LogP contribution >= 0.6 is 11.3 Å². The second kappa shape index (κ2) is 8.49. The Morgan fingerprint density at radius 3 is 2.50 bits per heavy atom. The number of carbonyl (C=O) groups is 2. The number of anilines is 2. The molecule has 0 saturated heterocycles. The summed E-state index contributed by atoms with van der Waals surface area (Å²) in [6.07, 6.45) is 4.81. The minimum atomic E-state index is -0.341. The van der Waals surface area contributed by atoms with Crippen molar-refractivity contribution in [2.24, 2.45) is 0 Å². The molecule has 0 fully saturated rings. The molecule has 5 nitrogen and oxygen atoms in total. The topological polar surface area (TPSA) is 71.3 Å². The van der Waals surface area contributed by atoms with Gasteiger partial charge in [-0.15, -0.1) is 11.3 Å². The summed E-state index contributed by atoms with van der Waals surface area (Å²) < 4.78 is 5.05. The van der Waals surface area contributed by atoms with Gasteiger partial charge in [-0.3, -0.25) is 9.59 Å². The van der Waals surface area contributed by atoms with Crippen LogP contribution in [0.1, 0.15) is 45.6 Å². The van der Waals surface area contributed by atoms with Crippen LogP contribution in [0.15, 0.2) is 59.2 Å². The lowest BCUT2D eigenvalue weighted by atomic mass is 10.1. The maximum absolute atomic E-state index is 12.4. The minimum absolute atomic E-state index is 0.199. The van der Waals surface area contributed by atoms with Gasteiger partial charge in [0.2, 0.25) is 0 Å². The van der Waals surface area contributed by atoms with Gasteiger partial charge in [-0.25, -0.2) is 0 Å². The van der Waals surface area contributed by atoms with Crippen LogP contribution < -0.4 is 10.6 Å². The number of carbonyl (C=O) groups excluding carboxylic acids is 2. The molecule has 0 radical (unpaired) electrons. The lowest BCUT2D eigenvalue weighted by Gasteiger charge is -2.05. The summed E-state index contributed by atoms with van der Waals surface area (Å²) in [6.45, 7) is 2.17. The predicted octanol–water partition coefficient (Wildman–Crippen LogP) is 5.19. The summed E-state index contributed by atoms with van der Waals surface area (Å²) in [7, 11) is 0. The normalized spacial score (nSPS) is 10.5. The number of benzene rings is 1. The smallest absolute Gasteiger partial charge is 0.291 e. The molecule has 0 aliphatic rings. The number of unbranched alkanes of at least 4 members (excludes halogenated alkanes) is 1. The highest BCUT2D eigenvalue weighted by atomic mass is 32.1. The highest BCUT2D eigenvalue weighted by molar-refractivity contribution is 7.18. The Balaban J connectivity index is 1.58. The monoisotopic (exact) mass is 368 g/mol. The Morgan fingerprint density at radius 1 is 1.00 bits per heavy atom. The van der Waals surface area contributed by atoms with Crippen LogP contribution in [0.25, 0.3) is 0 Å². The van der Waals surface area contributed by atoms with E-state index in [9.17, 15) is 9.59 Å². The molecule has 0 saturated carbocycles. The highest BCUT2D eigenvalue weighted by Gasteiger charge is 2.13. The van der Waals surface area contributed by atoms with E-state index in [0.29, 0.717) is 9.88 Å². The van der Waals surface area contributed by atoms with Crippen LogP contribution in [0.4, 0.5) is 10.7 Å². The fourth-order valence-corrected chi connectivity index (χ4v) is 3.23. The number of aryl methyl sites for hydroxylation is 1. The Morgan fingerprint density at radius 2 is 1.81 bits per heavy atom. The maximum Gasteiger partial charge on any atom is 0.291 e. The Hall–Kier alpha value is -2.86. The molecule has 2 aromatic heterocycles. The lowest BCUT2D eigenvalue weighted by molar-refractivity contribution is 0.0995. The first-order valence-electron chi connectivity index (χ1n) is 8.50. The van der Waals surface area contributed by atoms with Crippen molar-refractivity contribution in [3.05, 3.63) is 71.0 Å². The molecule has 0 bridgehead atoms. The minimum Gasteiger partial charge on any atom is -0.459 e. The third-order valence-corrected chi connectivity index (χ3v) is 4.84. The summed E-state index contributed by atoms with van der Waals surface area (Å²) in [5.41, 5.74) is 2.02. The molecule has 3 aromatic rings. The van der Waals surface area contributed by atoms with Gasteiger partial charge in [-0.2, -0.15) is 0 Å². The van der Waals surface area contributed by atoms with Crippen molar-refractivity contribution in [3.8, 4) is 0 Å². The van der Waals surface area contributed by atoms with Gasteiger partial charge in [0.05, 0.1) is 16.1 Å². The first-order valence-corrected chi connectivity index (χ1v) is 9.32. The molecule has 0 spiro atoms. The van der Waals surface area contributed by atoms with Crippen molar-refractivity contribution < 1.29 is 14.0 Å². The van der Waals surface area contributed by atoms with E-state index in [1.165, 1.54) is 23.2 Å². The Labute approximate surface area is 156 Å². The zero-order valence-corrected chi connectivity index (χ0v) is 15.3. The SMILES string of the molecule is CCCCc1ccc(NC(=O)c2ccc(NC(=O)c3ccco3)s2)cc1. The van der Waals surface area contributed by atoms with E-state index in [2.05, 4.69) is 17.6 Å². The molecule has 2 amide bonds. The first-order chi connectivity index (χ1) is 12.7. The third kappa shape index (κ3) is 4.61. The summed E-state index contributed by atoms with van der Waals surface area (Å²) in [6, 6.07) is 14.5. The maximum atomic E-state index is 12.4. The average molecular weight is 368 g/mol. The number of furan rings is 1. The van der Waals surface area contributed by atoms with E-state index in [1.807, 2.05) is 24.3 Å². The zero-order valence-electron chi connectivity index (χ0n) is 14.5. The fraction of sp³-hybridized carbons (Fsp3) is 0.200. The second-order valence-electron chi connectivity index (χ2n) is 5.85. The average Bonchev–Trinajstić information content (AvgIpc) is 3.33. The van der Waals surface area contributed by atoms with E-state index in [4.69, 9.17) is 4.42 Å². The summed E-state index contributed by atoms with van der Waals surface area (Å²) in [5, 5.41) is 6.18. The van der Waals surface area contributed by atoms with Gasteiger partial charge in [0.1, 0.15) is 0 Å². The van der Waals surface area contributed by atoms with Crippen molar-refractivity contribution in [1.82, 2.24) is 0 Å². The number of hydrogen-bond acceptors (Lipinski definition) is 4. The molecule has 2 heterocycles. The lowest BCUT2D eigenvalue weighted by Crippen LogP contribution is -2.10. The molecular weight excluding hydrogens is 348 g/mol. The number of amides is 2. The van der Waals surface area contributed by atoms with E-state index < -0.39 is 0 Å². The molecule has 0 atom stereocenters. The van der Waals surface area contributed by atoms with Gasteiger partial charge in [0.25, 0.3) is 11.8 Å². The molecule has 1 aromatic carbocycles. The second-order valence-corrected chi connectivity index (χ2v) is 6.93. The molecule has 3 rings (SSSR count). The van der Waals surface area contributed by atoms with Crippen LogP contribution in [0.3, 0.4) is 0 Å². The largest absolute Gasteiger partial charge is 0.459 e. The molecule has 6 heteroatoms. The summed E-state index contributed by atoms with van der Waals surface area (Å²) in [4.78, 5) is 24.8. The number of thiophene rings is 1. The predicted molar refractivity (Wildman–Crippen MR) is 104 cm³/mol. The van der Waals surface area contributed by atoms with Gasteiger partial charge < -0.3 is 15.1 Å². The van der Waals surface area contributed by atoms with Crippen molar-refractivity contribution in [1.29, 1.82) is 0 Å². The number of nitrogens with one attached hydrogen (secondary N) is 2. The van der Waals surface area contributed by atoms with Crippen LogP contribution in [0.5, 0.6) is 0 Å². The van der Waals surface area contributed by atoms with E-state index in [1.54, 1.807) is 24.3 Å². The number of hydrogen-bond donors (Lipinski definition) is 2. The van der Waals surface area contributed by atoms with Crippen LogP contribution in [0, 0.1) is 0 Å². The first kappa shape index (κ1) is 17.9. The van der Waals surface area contributed by atoms with E-state index in [0.717, 1.165) is 24.9 Å². The molecule has 0 aliphatic carbocycles. The molecule has 26 heavy (non-hydrogen) atoms. The van der Waals surface area contributed by atoms with Crippen LogP contribution in [0.2, 0.25) is 0 Å². The van der Waals surface area contributed by atoms with Crippen molar-refractivity contribution in [3.63, 3.8) is 0 Å². The van der Waals surface area contributed by atoms with Crippen LogP contribution in [-0.2, 0) is 6.42 Å². The van der Waals surface area contributed by atoms with E-state index in [-0.39, 0.29) is 17.6 Å². The molecule has 134 valence electrons. The highest BCUT2D eigenvalue weighted by Crippen LogP contribution is 2.24. The van der Waals surface area contributed by atoms with Gasteiger partial charge in [-0.1, -0.05) is 25.5 Å². The molecule has 0 unspecified atom stereocenters. The van der Waals surface area contributed by atoms with Gasteiger partial charge in [0.15, 0.2) is 5.76 Å². The van der Waals surface area contributed by atoms with Crippen molar-refractivity contribution >= 4 is 33.8 Å². The number of rotatable bonds is 7. The molecule has 0 aliphatic heterocycles. The van der Waals surface area contributed by atoms with Gasteiger partial charge in [0, 0.05) is 5.69 Å². The summed E-state index contributed by atoms with van der Waals surface area (Å²) in [5.74, 6) is -0.311. The van der Waals surface area contributed by atoms with Crippen molar-refractivity contribution in [2.75, 3.05) is 10.6 Å². The van der Waals surface area contributed by atoms with Gasteiger partial charge in [-0.05, 0) is 54.8 Å².